The number of carbonyl (C=O) groups is 1. The van der Waals surface area contributed by atoms with Crippen LogP contribution in [0.15, 0.2) is 42.9 Å². The Morgan fingerprint density at radius 1 is 1.23 bits per heavy atom. The van der Waals surface area contributed by atoms with Gasteiger partial charge in [-0.2, -0.15) is 0 Å². The molecule has 9 nitrogen and oxygen atoms in total. The van der Waals surface area contributed by atoms with Crippen molar-refractivity contribution in [3.8, 4) is 0 Å². The number of ether oxygens (including phenoxy) is 1. The van der Waals surface area contributed by atoms with Crippen molar-refractivity contribution in [3.05, 3.63) is 65.5 Å². The van der Waals surface area contributed by atoms with Crippen molar-refractivity contribution in [1.82, 2.24) is 35.1 Å². The maximum absolute atomic E-state index is 13.5. The molecule has 9 heteroatoms. The smallest absolute Gasteiger partial charge is 0.247 e. The third kappa shape index (κ3) is 3.81. The first kappa shape index (κ1) is 19.7. The van der Waals surface area contributed by atoms with E-state index in [9.17, 15) is 4.79 Å². The molecule has 3 aromatic rings. The highest BCUT2D eigenvalue weighted by Gasteiger charge is 2.44. The lowest BCUT2D eigenvalue weighted by Crippen LogP contribution is -2.50. The molecule has 2 aliphatic heterocycles. The molecule has 1 spiro atoms. The Kier molecular flexibility index (Phi) is 5.19. The van der Waals surface area contributed by atoms with Crippen LogP contribution < -0.4 is 0 Å². The number of aryl methyl sites for hydroxylation is 1. The molecule has 0 radical (unpaired) electrons. The fourth-order valence-electron chi connectivity index (χ4n) is 4.62. The number of hydrogen-bond acceptors (Lipinski definition) is 7. The highest BCUT2D eigenvalue weighted by Crippen LogP contribution is 2.40. The maximum Gasteiger partial charge on any atom is 0.247 e. The summed E-state index contributed by atoms with van der Waals surface area (Å²) in [7, 11) is 0. The molecule has 0 N–H and O–H groups in total. The van der Waals surface area contributed by atoms with Crippen molar-refractivity contribution in [3.63, 3.8) is 0 Å². The summed E-state index contributed by atoms with van der Waals surface area (Å²) in [5.74, 6) is 0.782. The zero-order chi connectivity index (χ0) is 21.3. The number of carbonyl (C=O) groups excluding carboxylic acids is 1. The third-order valence-electron chi connectivity index (χ3n) is 6.29. The number of piperidine rings is 1. The summed E-state index contributed by atoms with van der Waals surface area (Å²) in [5, 5.41) is 11.5. The molecule has 2 aliphatic rings. The molecule has 1 saturated heterocycles. The van der Waals surface area contributed by atoms with Gasteiger partial charge < -0.3 is 9.64 Å². The minimum absolute atomic E-state index is 0.0286. The van der Waals surface area contributed by atoms with Gasteiger partial charge in [-0.15, -0.1) is 5.10 Å². The van der Waals surface area contributed by atoms with Crippen molar-refractivity contribution in [2.45, 2.75) is 44.2 Å². The molecule has 0 bridgehead atoms. The molecule has 4 heterocycles. The number of benzene rings is 1. The standard InChI is InChI=1S/C22H25N7O2/c1-16-23-14-18-7-12-31-22(20(18)25-16)8-10-28(11-9-22)21(30)19(29-15-24-26-27-29)13-17-5-3-2-4-6-17/h2-6,14-15,19H,7-13H2,1H3. The number of fused-ring (bicyclic) bond motifs is 2. The Balaban J connectivity index is 1.35. The van der Waals surface area contributed by atoms with Gasteiger partial charge in [-0.3, -0.25) is 4.79 Å². The summed E-state index contributed by atoms with van der Waals surface area (Å²) in [6.45, 7) is 3.78. The van der Waals surface area contributed by atoms with Gasteiger partial charge in [-0.25, -0.2) is 14.6 Å². The molecule has 1 aromatic carbocycles. The average Bonchev–Trinajstić information content (AvgIpc) is 3.34. The van der Waals surface area contributed by atoms with E-state index in [0.717, 1.165) is 41.9 Å². The molecular weight excluding hydrogens is 394 g/mol. The Morgan fingerprint density at radius 3 is 2.77 bits per heavy atom. The summed E-state index contributed by atoms with van der Waals surface area (Å²) in [6, 6.07) is 9.48. The van der Waals surface area contributed by atoms with Crippen molar-refractivity contribution >= 4 is 5.91 Å². The van der Waals surface area contributed by atoms with Crippen LogP contribution in [0.5, 0.6) is 0 Å². The Bertz CT molecular complexity index is 1050. The first-order valence-corrected chi connectivity index (χ1v) is 10.7. The normalized spacial score (nSPS) is 18.5. The first-order valence-electron chi connectivity index (χ1n) is 10.7. The van der Waals surface area contributed by atoms with Crippen LogP contribution in [0, 0.1) is 6.92 Å². The van der Waals surface area contributed by atoms with Crippen LogP contribution in [0.3, 0.4) is 0 Å². The third-order valence-corrected chi connectivity index (χ3v) is 6.29. The van der Waals surface area contributed by atoms with Gasteiger partial charge in [0.05, 0.1) is 12.3 Å². The van der Waals surface area contributed by atoms with Gasteiger partial charge in [0.15, 0.2) is 0 Å². The van der Waals surface area contributed by atoms with Crippen LogP contribution in [0.2, 0.25) is 0 Å². The van der Waals surface area contributed by atoms with Crippen molar-refractivity contribution in [2.24, 2.45) is 0 Å². The van der Waals surface area contributed by atoms with Gasteiger partial charge >= 0.3 is 0 Å². The Labute approximate surface area is 180 Å². The summed E-state index contributed by atoms with van der Waals surface area (Å²) in [5.41, 5.74) is 2.80. The second-order valence-electron chi connectivity index (χ2n) is 8.20. The molecule has 1 atom stereocenters. The number of hydrogen-bond donors (Lipinski definition) is 0. The minimum atomic E-state index is -0.476. The largest absolute Gasteiger partial charge is 0.368 e. The van der Waals surface area contributed by atoms with Gasteiger partial charge in [0.25, 0.3) is 0 Å². The maximum atomic E-state index is 13.5. The number of likely N-dealkylation sites (tertiary alicyclic amines) is 1. The first-order chi connectivity index (χ1) is 15.1. The van der Waals surface area contributed by atoms with E-state index >= 15 is 0 Å². The number of nitrogens with zero attached hydrogens (tertiary/aromatic N) is 7. The minimum Gasteiger partial charge on any atom is -0.368 e. The Morgan fingerprint density at radius 2 is 2.03 bits per heavy atom. The molecule has 1 unspecified atom stereocenters. The van der Waals surface area contributed by atoms with Crippen LogP contribution in [0.25, 0.3) is 0 Å². The number of rotatable bonds is 4. The summed E-state index contributed by atoms with van der Waals surface area (Å²) in [6.07, 6.45) is 6.24. The number of aromatic nitrogens is 6. The second-order valence-corrected chi connectivity index (χ2v) is 8.20. The van der Waals surface area contributed by atoms with Crippen LogP contribution >= 0.6 is 0 Å². The van der Waals surface area contributed by atoms with E-state index < -0.39 is 11.6 Å². The van der Waals surface area contributed by atoms with Gasteiger partial charge in [-0.05, 0) is 47.7 Å². The van der Waals surface area contributed by atoms with E-state index in [-0.39, 0.29) is 5.91 Å². The van der Waals surface area contributed by atoms with Crippen molar-refractivity contribution in [1.29, 1.82) is 0 Å². The number of tetrazole rings is 1. The predicted octanol–water partition coefficient (Wildman–Crippen LogP) is 1.65. The zero-order valence-corrected chi connectivity index (χ0v) is 17.5. The molecule has 160 valence electrons. The lowest BCUT2D eigenvalue weighted by molar-refractivity contribution is -0.144. The average molecular weight is 419 g/mol. The van der Waals surface area contributed by atoms with Gasteiger partial charge in [0.2, 0.25) is 5.91 Å². The summed E-state index contributed by atoms with van der Waals surface area (Å²) < 4.78 is 7.84. The fraction of sp³-hybridized carbons (Fsp3) is 0.455. The van der Waals surface area contributed by atoms with Crippen molar-refractivity contribution < 1.29 is 9.53 Å². The van der Waals surface area contributed by atoms with E-state index in [1.165, 1.54) is 6.33 Å². The molecular formula is C22H25N7O2. The zero-order valence-electron chi connectivity index (χ0n) is 17.5. The predicted molar refractivity (Wildman–Crippen MR) is 111 cm³/mol. The number of amides is 1. The lowest BCUT2D eigenvalue weighted by Gasteiger charge is -2.44. The van der Waals surface area contributed by atoms with Crippen LogP contribution in [0.1, 0.15) is 41.5 Å². The summed E-state index contributed by atoms with van der Waals surface area (Å²) >= 11 is 0. The summed E-state index contributed by atoms with van der Waals surface area (Å²) in [4.78, 5) is 24.5. The fourth-order valence-corrected chi connectivity index (χ4v) is 4.62. The topological polar surface area (TPSA) is 98.9 Å². The molecule has 2 aromatic heterocycles. The monoisotopic (exact) mass is 419 g/mol. The van der Waals surface area contributed by atoms with E-state index in [4.69, 9.17) is 9.72 Å². The van der Waals surface area contributed by atoms with Gasteiger partial charge in [0.1, 0.15) is 23.8 Å². The molecule has 0 aliphatic carbocycles. The molecule has 1 amide bonds. The van der Waals surface area contributed by atoms with Crippen molar-refractivity contribution in [2.75, 3.05) is 19.7 Å². The molecule has 31 heavy (non-hydrogen) atoms. The van der Waals surface area contributed by atoms with Crippen LogP contribution in [-0.2, 0) is 28.0 Å². The lowest BCUT2D eigenvalue weighted by atomic mass is 9.83. The van der Waals surface area contributed by atoms with Crippen LogP contribution in [-0.4, -0.2) is 60.7 Å². The van der Waals surface area contributed by atoms with Gasteiger partial charge in [-0.1, -0.05) is 30.3 Å². The van der Waals surface area contributed by atoms with E-state index in [0.29, 0.717) is 26.1 Å². The second kappa shape index (κ2) is 8.14. The molecule has 5 rings (SSSR count). The molecule has 0 saturated carbocycles. The highest BCUT2D eigenvalue weighted by atomic mass is 16.5. The Hall–Kier alpha value is -3.20. The van der Waals surface area contributed by atoms with E-state index in [1.807, 2.05) is 48.4 Å². The molecule has 1 fully saturated rings. The van der Waals surface area contributed by atoms with Crippen LogP contribution in [0.4, 0.5) is 0 Å². The van der Waals surface area contributed by atoms with E-state index in [1.54, 1.807) is 4.68 Å². The highest BCUT2D eigenvalue weighted by molar-refractivity contribution is 5.80. The van der Waals surface area contributed by atoms with Gasteiger partial charge in [0, 0.05) is 25.7 Å². The van der Waals surface area contributed by atoms with E-state index in [2.05, 4.69) is 20.5 Å². The quantitative estimate of drug-likeness (QED) is 0.634. The SMILES string of the molecule is Cc1ncc2c(n1)C1(CCN(C(=O)C(Cc3ccccc3)n3cnnn3)CC1)OCC2.